The number of ketones is 2. The highest BCUT2D eigenvalue weighted by atomic mass is 16.1. The number of allylic oxidation sites excluding steroid dienone is 1. The van der Waals surface area contributed by atoms with Gasteiger partial charge in [0.1, 0.15) is 5.78 Å². The zero-order chi connectivity index (χ0) is 26.3. The number of piperidine rings is 1. The van der Waals surface area contributed by atoms with Crippen LogP contribution in [-0.2, 0) is 22.7 Å². The van der Waals surface area contributed by atoms with Crippen LogP contribution in [0.1, 0.15) is 71.9 Å². The predicted molar refractivity (Wildman–Crippen MR) is 148 cm³/mol. The number of nitrogens with zero attached hydrogens (tertiary/aromatic N) is 2. The standard InChI is InChI=1S/C16H23NO.C16H21NO/c2*1-16(2,3)15-11-14(18)9-10-17(15)12-13-7-5-4-6-8-13/h4-8,15H,9-12H2,1-3H3;4-10,15H,11-12H2,1-3H3. The van der Waals surface area contributed by atoms with E-state index in [4.69, 9.17) is 0 Å². The van der Waals surface area contributed by atoms with E-state index in [9.17, 15) is 9.59 Å². The van der Waals surface area contributed by atoms with Gasteiger partial charge in [0.2, 0.25) is 0 Å². The zero-order valence-electron chi connectivity index (χ0n) is 23.0. The summed E-state index contributed by atoms with van der Waals surface area (Å²) in [4.78, 5) is 28.1. The first-order valence-corrected chi connectivity index (χ1v) is 13.2. The first-order valence-electron chi connectivity index (χ1n) is 13.2. The molecule has 0 aromatic heterocycles. The van der Waals surface area contributed by atoms with Gasteiger partial charge < -0.3 is 4.90 Å². The Morgan fingerprint density at radius 2 is 1.25 bits per heavy atom. The monoisotopic (exact) mass is 488 g/mol. The van der Waals surface area contributed by atoms with E-state index in [1.165, 1.54) is 11.1 Å². The van der Waals surface area contributed by atoms with Crippen LogP contribution >= 0.6 is 0 Å². The molecular weight excluding hydrogens is 444 g/mol. The minimum atomic E-state index is 0.106. The largest absolute Gasteiger partial charge is 0.369 e. The van der Waals surface area contributed by atoms with Crippen molar-refractivity contribution < 1.29 is 9.59 Å². The molecule has 0 bridgehead atoms. The van der Waals surface area contributed by atoms with Gasteiger partial charge in [-0.2, -0.15) is 0 Å². The smallest absolute Gasteiger partial charge is 0.159 e. The van der Waals surface area contributed by atoms with Gasteiger partial charge in [-0.1, -0.05) is 102 Å². The SMILES string of the molecule is CC(C)(C)C1CC(=O)C=CN1Cc1ccccc1.CC(C)(C)C1CC(=O)CCN1Cc1ccccc1. The van der Waals surface area contributed by atoms with Gasteiger partial charge in [0, 0.05) is 57.2 Å². The van der Waals surface area contributed by atoms with Crippen LogP contribution in [0.4, 0.5) is 0 Å². The molecule has 1 fully saturated rings. The van der Waals surface area contributed by atoms with Crippen LogP contribution in [0.5, 0.6) is 0 Å². The van der Waals surface area contributed by atoms with Crippen molar-refractivity contribution in [2.45, 2.75) is 86.0 Å². The van der Waals surface area contributed by atoms with Gasteiger partial charge in [0.25, 0.3) is 0 Å². The zero-order valence-corrected chi connectivity index (χ0v) is 23.0. The summed E-state index contributed by atoms with van der Waals surface area (Å²) in [5.74, 6) is 0.651. The third-order valence-corrected chi connectivity index (χ3v) is 7.22. The van der Waals surface area contributed by atoms with Gasteiger partial charge in [0.15, 0.2) is 5.78 Å². The van der Waals surface area contributed by atoms with Crippen molar-refractivity contribution in [3.63, 3.8) is 0 Å². The van der Waals surface area contributed by atoms with Gasteiger partial charge in [-0.3, -0.25) is 14.5 Å². The number of rotatable bonds is 4. The molecule has 194 valence electrons. The molecule has 0 N–H and O–H groups in total. The van der Waals surface area contributed by atoms with E-state index in [0.717, 1.165) is 19.6 Å². The normalized spacial score (nSPS) is 21.2. The molecule has 2 aliphatic rings. The third-order valence-electron chi connectivity index (χ3n) is 7.22. The van der Waals surface area contributed by atoms with Crippen molar-refractivity contribution in [1.82, 2.24) is 9.80 Å². The molecule has 0 amide bonds. The molecule has 4 nitrogen and oxygen atoms in total. The Morgan fingerprint density at radius 3 is 1.78 bits per heavy atom. The summed E-state index contributed by atoms with van der Waals surface area (Å²) >= 11 is 0. The van der Waals surface area contributed by atoms with E-state index in [0.29, 0.717) is 31.1 Å². The van der Waals surface area contributed by atoms with Gasteiger partial charge in [-0.15, -0.1) is 0 Å². The highest BCUT2D eigenvalue weighted by Gasteiger charge is 2.35. The molecule has 2 aromatic carbocycles. The highest BCUT2D eigenvalue weighted by Crippen LogP contribution is 2.32. The minimum Gasteiger partial charge on any atom is -0.369 e. The predicted octanol–water partition coefficient (Wildman–Crippen LogP) is 6.66. The van der Waals surface area contributed by atoms with Gasteiger partial charge in [-0.05, 0) is 28.0 Å². The Labute approximate surface area is 218 Å². The van der Waals surface area contributed by atoms with Crippen molar-refractivity contribution in [3.8, 4) is 0 Å². The van der Waals surface area contributed by atoms with E-state index >= 15 is 0 Å². The van der Waals surface area contributed by atoms with E-state index in [-0.39, 0.29) is 22.7 Å². The Hall–Kier alpha value is -2.72. The summed E-state index contributed by atoms with van der Waals surface area (Å²) in [6.07, 6.45) is 5.68. The maximum Gasteiger partial charge on any atom is 0.159 e. The van der Waals surface area contributed by atoms with Crippen molar-refractivity contribution in [2.24, 2.45) is 10.8 Å². The van der Waals surface area contributed by atoms with Crippen molar-refractivity contribution in [3.05, 3.63) is 84.1 Å². The molecule has 0 spiro atoms. The highest BCUT2D eigenvalue weighted by molar-refractivity contribution is 5.90. The molecule has 2 aromatic rings. The summed E-state index contributed by atoms with van der Waals surface area (Å²) in [6.45, 7) is 16.0. The summed E-state index contributed by atoms with van der Waals surface area (Å²) in [5, 5.41) is 0. The van der Waals surface area contributed by atoms with Crippen LogP contribution in [-0.4, -0.2) is 40.0 Å². The van der Waals surface area contributed by atoms with Crippen LogP contribution in [0.2, 0.25) is 0 Å². The lowest BCUT2D eigenvalue weighted by molar-refractivity contribution is -0.125. The third kappa shape index (κ3) is 8.16. The summed E-state index contributed by atoms with van der Waals surface area (Å²) < 4.78 is 0. The molecule has 0 radical (unpaired) electrons. The number of carbonyl (C=O) groups excluding carboxylic acids is 2. The molecule has 1 saturated heterocycles. The molecule has 2 atom stereocenters. The Bertz CT molecular complexity index is 1020. The fourth-order valence-electron chi connectivity index (χ4n) is 5.15. The number of hydrogen-bond acceptors (Lipinski definition) is 4. The Kier molecular flexibility index (Phi) is 9.30. The molecule has 2 heterocycles. The topological polar surface area (TPSA) is 40.6 Å². The molecule has 2 unspecified atom stereocenters. The molecule has 2 aliphatic heterocycles. The van der Waals surface area contributed by atoms with Crippen LogP contribution in [0, 0.1) is 10.8 Å². The maximum absolute atomic E-state index is 11.7. The lowest BCUT2D eigenvalue weighted by Crippen LogP contribution is -2.49. The number of benzene rings is 2. The first-order chi connectivity index (χ1) is 16.9. The molecule has 4 heteroatoms. The quantitative estimate of drug-likeness (QED) is 0.483. The fraction of sp³-hybridized carbons (Fsp3) is 0.500. The average Bonchev–Trinajstić information content (AvgIpc) is 2.82. The fourth-order valence-corrected chi connectivity index (χ4v) is 5.15. The maximum atomic E-state index is 11.7. The molecule has 0 aliphatic carbocycles. The second-order valence-corrected chi connectivity index (χ2v) is 12.4. The van der Waals surface area contributed by atoms with E-state index in [1.54, 1.807) is 6.08 Å². The number of carbonyl (C=O) groups is 2. The van der Waals surface area contributed by atoms with Gasteiger partial charge in [-0.25, -0.2) is 0 Å². The molecule has 4 rings (SSSR count). The van der Waals surface area contributed by atoms with Gasteiger partial charge in [0.05, 0.1) is 0 Å². The van der Waals surface area contributed by atoms with Crippen LogP contribution < -0.4 is 0 Å². The van der Waals surface area contributed by atoms with Gasteiger partial charge >= 0.3 is 0 Å². The minimum absolute atomic E-state index is 0.106. The second-order valence-electron chi connectivity index (χ2n) is 12.4. The summed E-state index contributed by atoms with van der Waals surface area (Å²) in [7, 11) is 0. The van der Waals surface area contributed by atoms with Crippen molar-refractivity contribution >= 4 is 11.6 Å². The molecular formula is C32H44N2O2. The Morgan fingerprint density at radius 1 is 0.722 bits per heavy atom. The number of Topliss-reactive ketones (excluding diaryl/α,β-unsaturated/α-hetero) is 1. The second kappa shape index (κ2) is 12.0. The van der Waals surface area contributed by atoms with E-state index < -0.39 is 0 Å². The average molecular weight is 489 g/mol. The molecule has 36 heavy (non-hydrogen) atoms. The van der Waals surface area contributed by atoms with Crippen molar-refractivity contribution in [1.29, 1.82) is 0 Å². The Balaban J connectivity index is 0.000000201. The first kappa shape index (κ1) is 27.9. The van der Waals surface area contributed by atoms with E-state index in [1.807, 2.05) is 18.3 Å². The lowest BCUT2D eigenvalue weighted by Gasteiger charge is -2.42. The van der Waals surface area contributed by atoms with Crippen molar-refractivity contribution in [2.75, 3.05) is 6.54 Å². The molecule has 0 saturated carbocycles. The van der Waals surface area contributed by atoms with Crippen LogP contribution in [0.15, 0.2) is 72.9 Å². The summed E-state index contributed by atoms with van der Waals surface area (Å²) in [6, 6.07) is 21.6. The lowest BCUT2D eigenvalue weighted by atomic mass is 9.80. The number of hydrogen-bond donors (Lipinski definition) is 0. The van der Waals surface area contributed by atoms with E-state index in [2.05, 4.69) is 99.9 Å². The summed E-state index contributed by atoms with van der Waals surface area (Å²) in [5.41, 5.74) is 2.88. The number of likely N-dealkylation sites (tertiary alicyclic amines) is 1. The van der Waals surface area contributed by atoms with Crippen LogP contribution in [0.3, 0.4) is 0 Å². The van der Waals surface area contributed by atoms with Crippen LogP contribution in [0.25, 0.3) is 0 Å².